The average Bonchev–Trinajstić information content (AvgIpc) is 3.18. The van der Waals surface area contributed by atoms with E-state index >= 15 is 0 Å². The Balaban J connectivity index is 1.76. The summed E-state index contributed by atoms with van der Waals surface area (Å²) in [6.45, 7) is 3.64. The molecule has 0 aliphatic carbocycles. The number of hydrogen-bond acceptors (Lipinski definition) is 5. The Labute approximate surface area is 171 Å². The molecule has 1 aromatic carbocycles. The van der Waals surface area contributed by atoms with E-state index in [-0.39, 0.29) is 12.3 Å². The lowest BCUT2D eigenvalue weighted by molar-refractivity contribution is -0.143. The van der Waals surface area contributed by atoms with Gasteiger partial charge in [0.05, 0.1) is 24.6 Å². The molecule has 160 valence electrons. The highest BCUT2D eigenvalue weighted by Crippen LogP contribution is 2.22. The second-order valence-electron chi connectivity index (χ2n) is 7.07. The molecule has 3 aromatic rings. The number of amides is 1. The molecule has 0 saturated carbocycles. The lowest BCUT2D eigenvalue weighted by Gasteiger charge is -2.18. The summed E-state index contributed by atoms with van der Waals surface area (Å²) in [4.78, 5) is 16.9. The van der Waals surface area contributed by atoms with Crippen LogP contribution in [0.5, 0.6) is 0 Å². The summed E-state index contributed by atoms with van der Waals surface area (Å²) >= 11 is 0. The van der Waals surface area contributed by atoms with Crippen molar-refractivity contribution in [2.45, 2.75) is 52.4 Å². The van der Waals surface area contributed by atoms with Crippen molar-refractivity contribution in [1.82, 2.24) is 25.2 Å². The van der Waals surface area contributed by atoms with Gasteiger partial charge in [-0.25, -0.2) is 0 Å². The van der Waals surface area contributed by atoms with Crippen LogP contribution in [0.3, 0.4) is 0 Å². The number of carbonyl (C=O) groups excluding carboxylic acids is 1. The normalized spacial score (nSPS) is 12.7. The van der Waals surface area contributed by atoms with Gasteiger partial charge in [0.25, 0.3) is 0 Å². The number of aryl methyl sites for hydroxylation is 2. The van der Waals surface area contributed by atoms with E-state index in [0.717, 1.165) is 10.2 Å². The van der Waals surface area contributed by atoms with E-state index in [1.807, 2.05) is 30.3 Å². The molecule has 7 nitrogen and oxygen atoms in total. The molecule has 1 N–H and O–H groups in total. The lowest BCUT2D eigenvalue weighted by Crippen LogP contribution is -2.31. The number of alkyl halides is 3. The van der Waals surface area contributed by atoms with Gasteiger partial charge in [-0.2, -0.15) is 23.3 Å². The van der Waals surface area contributed by atoms with E-state index in [1.54, 1.807) is 13.8 Å². The molecule has 1 amide bonds. The van der Waals surface area contributed by atoms with E-state index < -0.39 is 18.8 Å². The number of carbonyl (C=O) groups is 1. The summed E-state index contributed by atoms with van der Waals surface area (Å²) < 4.78 is 44.3. The van der Waals surface area contributed by atoms with Gasteiger partial charge in [0.1, 0.15) is 6.54 Å². The minimum atomic E-state index is -4.39. The van der Waals surface area contributed by atoms with Crippen LogP contribution in [-0.2, 0) is 24.2 Å². The van der Waals surface area contributed by atoms with Crippen molar-refractivity contribution in [2.24, 2.45) is 0 Å². The lowest BCUT2D eigenvalue weighted by atomic mass is 10.0. The van der Waals surface area contributed by atoms with Crippen molar-refractivity contribution in [1.29, 1.82) is 0 Å². The third-order valence-corrected chi connectivity index (χ3v) is 4.68. The Morgan fingerprint density at radius 2 is 1.90 bits per heavy atom. The third kappa shape index (κ3) is 5.46. The van der Waals surface area contributed by atoms with Gasteiger partial charge in [0.2, 0.25) is 11.8 Å². The Kier molecular flexibility index (Phi) is 6.23. The molecule has 0 bridgehead atoms. The van der Waals surface area contributed by atoms with Gasteiger partial charge in [0.15, 0.2) is 5.82 Å². The third-order valence-electron chi connectivity index (χ3n) is 4.68. The molecule has 1 unspecified atom stereocenters. The molecule has 2 aromatic heterocycles. The molecule has 30 heavy (non-hydrogen) atoms. The van der Waals surface area contributed by atoms with Gasteiger partial charge in [-0.15, -0.1) is 0 Å². The molecule has 0 aliphatic rings. The quantitative estimate of drug-likeness (QED) is 0.632. The smallest absolute Gasteiger partial charge is 0.348 e. The second-order valence-corrected chi connectivity index (χ2v) is 7.07. The summed E-state index contributed by atoms with van der Waals surface area (Å²) in [6, 6.07) is 8.87. The van der Waals surface area contributed by atoms with Gasteiger partial charge in [-0.05, 0) is 26.3 Å². The molecule has 0 aliphatic heterocycles. The molecule has 3 rings (SSSR count). The first kappa shape index (κ1) is 21.5. The molecule has 0 saturated heterocycles. The highest BCUT2D eigenvalue weighted by atomic mass is 19.4. The van der Waals surface area contributed by atoms with E-state index in [4.69, 9.17) is 4.52 Å². The fourth-order valence-electron chi connectivity index (χ4n) is 3.25. The van der Waals surface area contributed by atoms with Crippen molar-refractivity contribution < 1.29 is 22.5 Å². The summed E-state index contributed by atoms with van der Waals surface area (Å²) in [5, 5.41) is 10.6. The number of halogens is 3. The maximum atomic E-state index is 12.8. The number of hydrogen-bond donors (Lipinski definition) is 1. The molecular weight excluding hydrogens is 399 g/mol. The molecule has 0 spiro atoms. The van der Waals surface area contributed by atoms with Crippen LogP contribution in [0.1, 0.15) is 40.3 Å². The van der Waals surface area contributed by atoms with Crippen molar-refractivity contribution in [3.63, 3.8) is 0 Å². The Hall–Kier alpha value is -3.17. The largest absolute Gasteiger partial charge is 0.408 e. The van der Waals surface area contributed by atoms with Crippen LogP contribution in [0.2, 0.25) is 0 Å². The number of rotatable bonds is 7. The summed E-state index contributed by atoms with van der Waals surface area (Å²) in [6.07, 6.45) is -4.17. The Morgan fingerprint density at radius 1 is 1.20 bits per heavy atom. The molecule has 1 atom stereocenters. The predicted octanol–water partition coefficient (Wildman–Crippen LogP) is 3.40. The number of nitrogens with one attached hydrogen (secondary N) is 1. The minimum absolute atomic E-state index is 0.0816. The SMILES string of the molecule is Cc1noc(CC(NC(=O)Cc2c(C)nn(CC(F)(F)F)c2C)c2ccccc2)n1. The first-order chi connectivity index (χ1) is 14.1. The highest BCUT2D eigenvalue weighted by molar-refractivity contribution is 5.79. The summed E-state index contributed by atoms with van der Waals surface area (Å²) in [5.74, 6) is 0.538. The average molecular weight is 421 g/mol. The molecule has 10 heteroatoms. The number of aromatic nitrogens is 4. The standard InChI is InChI=1S/C20H22F3N5O2/c1-12-16(13(2)28(26-12)11-20(21,22)23)9-18(29)25-17(15-7-5-4-6-8-15)10-19-24-14(3)27-30-19/h4-8,17H,9-11H2,1-3H3,(H,25,29). The molecule has 0 fully saturated rings. The van der Waals surface area contributed by atoms with Gasteiger partial charge < -0.3 is 9.84 Å². The van der Waals surface area contributed by atoms with E-state index in [9.17, 15) is 18.0 Å². The van der Waals surface area contributed by atoms with Crippen LogP contribution in [-0.4, -0.2) is 32.0 Å². The predicted molar refractivity (Wildman–Crippen MR) is 102 cm³/mol. The van der Waals surface area contributed by atoms with E-state index in [0.29, 0.717) is 35.1 Å². The first-order valence-electron chi connectivity index (χ1n) is 9.35. The van der Waals surface area contributed by atoms with Crippen LogP contribution in [0.25, 0.3) is 0 Å². The minimum Gasteiger partial charge on any atom is -0.348 e. The van der Waals surface area contributed by atoms with Crippen LogP contribution in [0, 0.1) is 20.8 Å². The van der Waals surface area contributed by atoms with Crippen LogP contribution in [0.4, 0.5) is 13.2 Å². The molecule has 2 heterocycles. The second kappa shape index (κ2) is 8.68. The van der Waals surface area contributed by atoms with Gasteiger partial charge in [0, 0.05) is 11.3 Å². The van der Waals surface area contributed by atoms with Gasteiger partial charge in [-0.3, -0.25) is 9.48 Å². The van der Waals surface area contributed by atoms with Crippen LogP contribution in [0.15, 0.2) is 34.9 Å². The first-order valence-corrected chi connectivity index (χ1v) is 9.35. The fourth-order valence-corrected chi connectivity index (χ4v) is 3.25. The van der Waals surface area contributed by atoms with Crippen molar-refractivity contribution >= 4 is 5.91 Å². The van der Waals surface area contributed by atoms with Crippen molar-refractivity contribution in [3.8, 4) is 0 Å². The monoisotopic (exact) mass is 421 g/mol. The highest BCUT2D eigenvalue weighted by Gasteiger charge is 2.30. The van der Waals surface area contributed by atoms with Crippen molar-refractivity contribution in [3.05, 3.63) is 64.6 Å². The Morgan fingerprint density at radius 3 is 2.50 bits per heavy atom. The van der Waals surface area contributed by atoms with E-state index in [2.05, 4.69) is 20.6 Å². The van der Waals surface area contributed by atoms with Crippen molar-refractivity contribution in [2.75, 3.05) is 0 Å². The van der Waals surface area contributed by atoms with E-state index in [1.165, 1.54) is 6.92 Å². The zero-order chi connectivity index (χ0) is 21.9. The number of benzene rings is 1. The summed E-state index contributed by atoms with van der Waals surface area (Å²) in [7, 11) is 0. The molecular formula is C20H22F3N5O2. The zero-order valence-electron chi connectivity index (χ0n) is 16.8. The van der Waals surface area contributed by atoms with Crippen LogP contribution >= 0.6 is 0 Å². The van der Waals surface area contributed by atoms with Gasteiger partial charge in [-0.1, -0.05) is 35.5 Å². The summed E-state index contributed by atoms with van der Waals surface area (Å²) in [5.41, 5.74) is 2.06. The van der Waals surface area contributed by atoms with Gasteiger partial charge >= 0.3 is 6.18 Å². The maximum Gasteiger partial charge on any atom is 0.408 e. The zero-order valence-corrected chi connectivity index (χ0v) is 16.8. The van der Waals surface area contributed by atoms with Crippen LogP contribution < -0.4 is 5.32 Å². The maximum absolute atomic E-state index is 12.8. The molecule has 0 radical (unpaired) electrons. The Bertz CT molecular complexity index is 1010. The fraction of sp³-hybridized carbons (Fsp3) is 0.400. The topological polar surface area (TPSA) is 85.8 Å². The number of nitrogens with zero attached hydrogens (tertiary/aromatic N) is 4.